The van der Waals surface area contributed by atoms with Crippen LogP contribution >= 0.6 is 0 Å². The minimum atomic E-state index is -0.928. The summed E-state index contributed by atoms with van der Waals surface area (Å²) in [7, 11) is 0. The second kappa shape index (κ2) is 10.4. The number of hydroxylamine groups is 1. The van der Waals surface area contributed by atoms with Crippen LogP contribution in [0.25, 0.3) is 0 Å². The molecule has 7 nitrogen and oxygen atoms in total. The zero-order chi connectivity index (χ0) is 23.1. The number of likely N-dealkylation sites (tertiary alicyclic amines) is 1. The van der Waals surface area contributed by atoms with Crippen LogP contribution in [0.3, 0.4) is 0 Å². The second-order valence-corrected chi connectivity index (χ2v) is 8.90. The first kappa shape index (κ1) is 23.5. The standard InChI is InChI=1S/C25H31N3O4/c1-18(2)16-25(17-22(29)27-32)13-14-28(24(25)31)21(15-19-9-5-3-6-10-19)23(30)26-20-11-7-4-8-12-20/h3-12,18,21,32H,13-17H2,1-2H3,(H,26,30)(H,27,29). The number of rotatable bonds is 9. The van der Waals surface area contributed by atoms with Crippen LogP contribution in [0.2, 0.25) is 0 Å². The number of benzene rings is 2. The fourth-order valence-corrected chi connectivity index (χ4v) is 4.63. The van der Waals surface area contributed by atoms with Crippen molar-refractivity contribution in [2.75, 3.05) is 11.9 Å². The maximum atomic E-state index is 13.7. The Hall–Kier alpha value is -3.19. The quantitative estimate of drug-likeness (QED) is 0.414. The highest BCUT2D eigenvalue weighted by Gasteiger charge is 2.50. The number of carbonyl (C=O) groups excluding carboxylic acids is 3. The summed E-state index contributed by atoms with van der Waals surface area (Å²) in [6.07, 6.45) is 1.24. The van der Waals surface area contributed by atoms with E-state index in [0.717, 1.165) is 5.56 Å². The average molecular weight is 438 g/mol. The summed E-state index contributed by atoms with van der Waals surface area (Å²) in [5, 5.41) is 12.0. The van der Waals surface area contributed by atoms with E-state index in [-0.39, 0.29) is 24.2 Å². The number of hydrogen-bond acceptors (Lipinski definition) is 4. The highest BCUT2D eigenvalue weighted by Crippen LogP contribution is 2.42. The van der Waals surface area contributed by atoms with Crippen molar-refractivity contribution in [3.8, 4) is 0 Å². The van der Waals surface area contributed by atoms with Crippen LogP contribution in [0.1, 0.15) is 38.7 Å². The van der Waals surface area contributed by atoms with E-state index in [9.17, 15) is 14.4 Å². The van der Waals surface area contributed by atoms with Gasteiger partial charge in [0.05, 0.1) is 5.41 Å². The molecule has 0 radical (unpaired) electrons. The Labute approximate surface area is 188 Å². The molecule has 32 heavy (non-hydrogen) atoms. The Morgan fingerprint density at radius 1 is 1.06 bits per heavy atom. The van der Waals surface area contributed by atoms with Crippen molar-refractivity contribution in [1.82, 2.24) is 10.4 Å². The third-order valence-electron chi connectivity index (χ3n) is 5.96. The van der Waals surface area contributed by atoms with Gasteiger partial charge in [-0.2, -0.15) is 0 Å². The van der Waals surface area contributed by atoms with Crippen molar-refractivity contribution in [2.24, 2.45) is 11.3 Å². The van der Waals surface area contributed by atoms with Gasteiger partial charge in [0, 0.05) is 25.1 Å². The maximum Gasteiger partial charge on any atom is 0.247 e. The molecule has 3 amide bonds. The van der Waals surface area contributed by atoms with E-state index in [2.05, 4.69) is 5.32 Å². The molecule has 0 aliphatic carbocycles. The summed E-state index contributed by atoms with van der Waals surface area (Å²) in [4.78, 5) is 40.7. The van der Waals surface area contributed by atoms with Crippen LogP contribution in [-0.2, 0) is 20.8 Å². The zero-order valence-electron chi connectivity index (χ0n) is 18.6. The number of amides is 3. The third kappa shape index (κ3) is 5.53. The van der Waals surface area contributed by atoms with Crippen LogP contribution in [0.4, 0.5) is 5.69 Å². The van der Waals surface area contributed by atoms with E-state index < -0.39 is 17.4 Å². The summed E-state index contributed by atoms with van der Waals surface area (Å²) in [5.41, 5.74) is 2.34. The molecule has 0 aromatic heterocycles. The normalized spacial score (nSPS) is 19.1. The number of para-hydroxylation sites is 1. The molecule has 2 unspecified atom stereocenters. The molecule has 170 valence electrons. The summed E-state index contributed by atoms with van der Waals surface area (Å²) < 4.78 is 0. The molecule has 2 aromatic rings. The molecule has 0 saturated carbocycles. The monoisotopic (exact) mass is 437 g/mol. The van der Waals surface area contributed by atoms with Crippen molar-refractivity contribution in [3.63, 3.8) is 0 Å². The SMILES string of the molecule is CC(C)CC1(CC(=O)NO)CCN(C(Cc2ccccc2)C(=O)Nc2ccccc2)C1=O. The third-order valence-corrected chi connectivity index (χ3v) is 5.96. The van der Waals surface area contributed by atoms with Gasteiger partial charge in [0.15, 0.2) is 0 Å². The average Bonchev–Trinajstić information content (AvgIpc) is 3.08. The lowest BCUT2D eigenvalue weighted by atomic mass is 9.75. The zero-order valence-corrected chi connectivity index (χ0v) is 18.6. The van der Waals surface area contributed by atoms with Crippen LogP contribution in [0, 0.1) is 11.3 Å². The second-order valence-electron chi connectivity index (χ2n) is 8.90. The number of nitrogens with one attached hydrogen (secondary N) is 2. The molecule has 2 aromatic carbocycles. The lowest BCUT2D eigenvalue weighted by Crippen LogP contribution is -2.49. The lowest BCUT2D eigenvalue weighted by molar-refractivity contribution is -0.146. The minimum absolute atomic E-state index is 0.102. The maximum absolute atomic E-state index is 13.7. The number of anilines is 1. The van der Waals surface area contributed by atoms with Crippen molar-refractivity contribution in [3.05, 3.63) is 66.2 Å². The Morgan fingerprint density at radius 2 is 1.69 bits per heavy atom. The van der Waals surface area contributed by atoms with Crippen LogP contribution in [-0.4, -0.2) is 40.4 Å². The van der Waals surface area contributed by atoms with Crippen molar-refractivity contribution < 1.29 is 19.6 Å². The summed E-state index contributed by atoms with van der Waals surface area (Å²) in [5.74, 6) is -0.885. The summed E-state index contributed by atoms with van der Waals surface area (Å²) in [6, 6.07) is 18.0. The van der Waals surface area contributed by atoms with Crippen molar-refractivity contribution in [2.45, 2.75) is 45.6 Å². The smallest absolute Gasteiger partial charge is 0.247 e. The molecule has 1 saturated heterocycles. The Balaban J connectivity index is 1.90. The Bertz CT molecular complexity index is 933. The van der Waals surface area contributed by atoms with Crippen LogP contribution in [0.15, 0.2) is 60.7 Å². The molecule has 0 spiro atoms. The van der Waals surface area contributed by atoms with E-state index in [0.29, 0.717) is 31.5 Å². The molecule has 0 bridgehead atoms. The fourth-order valence-electron chi connectivity index (χ4n) is 4.63. The van der Waals surface area contributed by atoms with E-state index in [1.54, 1.807) is 22.5 Å². The lowest BCUT2D eigenvalue weighted by Gasteiger charge is -2.32. The molecular formula is C25H31N3O4. The predicted octanol–water partition coefficient (Wildman–Crippen LogP) is 3.40. The van der Waals surface area contributed by atoms with E-state index in [1.807, 2.05) is 62.4 Å². The van der Waals surface area contributed by atoms with E-state index in [1.165, 1.54) is 0 Å². The minimum Gasteiger partial charge on any atom is -0.330 e. The van der Waals surface area contributed by atoms with Gasteiger partial charge in [-0.1, -0.05) is 62.4 Å². The first-order valence-corrected chi connectivity index (χ1v) is 11.0. The Kier molecular flexibility index (Phi) is 7.64. The van der Waals surface area contributed by atoms with E-state index >= 15 is 0 Å². The molecule has 3 rings (SSSR count). The first-order valence-electron chi connectivity index (χ1n) is 11.0. The van der Waals surface area contributed by atoms with Gasteiger partial charge < -0.3 is 10.2 Å². The largest absolute Gasteiger partial charge is 0.330 e. The van der Waals surface area contributed by atoms with Gasteiger partial charge >= 0.3 is 0 Å². The molecule has 1 aliphatic heterocycles. The van der Waals surface area contributed by atoms with E-state index in [4.69, 9.17) is 5.21 Å². The van der Waals surface area contributed by atoms with Crippen molar-refractivity contribution in [1.29, 1.82) is 0 Å². The van der Waals surface area contributed by atoms with Gasteiger partial charge in [0.2, 0.25) is 17.7 Å². The van der Waals surface area contributed by atoms with Crippen molar-refractivity contribution >= 4 is 23.4 Å². The topological polar surface area (TPSA) is 98.7 Å². The highest BCUT2D eigenvalue weighted by molar-refractivity contribution is 5.99. The van der Waals surface area contributed by atoms with Crippen LogP contribution in [0.5, 0.6) is 0 Å². The van der Waals surface area contributed by atoms with Gasteiger partial charge in [-0.25, -0.2) is 5.48 Å². The number of nitrogens with zero attached hydrogens (tertiary/aromatic N) is 1. The molecule has 1 fully saturated rings. The number of hydrogen-bond donors (Lipinski definition) is 3. The molecule has 1 aliphatic rings. The van der Waals surface area contributed by atoms with Gasteiger partial charge in [-0.15, -0.1) is 0 Å². The molecule has 3 N–H and O–H groups in total. The number of carbonyl (C=O) groups is 3. The molecule has 7 heteroatoms. The summed E-state index contributed by atoms with van der Waals surface area (Å²) in [6.45, 7) is 4.38. The molecule has 1 heterocycles. The molecule has 2 atom stereocenters. The van der Waals surface area contributed by atoms with Gasteiger partial charge in [0.25, 0.3) is 0 Å². The molecular weight excluding hydrogens is 406 g/mol. The van der Waals surface area contributed by atoms with Gasteiger partial charge in [0.1, 0.15) is 6.04 Å². The Morgan fingerprint density at radius 3 is 2.28 bits per heavy atom. The van der Waals surface area contributed by atoms with Crippen LogP contribution < -0.4 is 10.8 Å². The van der Waals surface area contributed by atoms with Gasteiger partial charge in [-0.3, -0.25) is 19.6 Å². The highest BCUT2D eigenvalue weighted by atomic mass is 16.5. The fraction of sp³-hybridized carbons (Fsp3) is 0.400. The predicted molar refractivity (Wildman–Crippen MR) is 122 cm³/mol. The first-order chi connectivity index (χ1) is 15.3. The van der Waals surface area contributed by atoms with Gasteiger partial charge in [-0.05, 0) is 36.5 Å². The summed E-state index contributed by atoms with van der Waals surface area (Å²) >= 11 is 0.